The summed E-state index contributed by atoms with van der Waals surface area (Å²) in [5.74, 6) is 0. The zero-order valence-corrected chi connectivity index (χ0v) is 10.2. The van der Waals surface area contributed by atoms with Crippen molar-refractivity contribution < 1.29 is 4.46 Å². The van der Waals surface area contributed by atoms with Crippen LogP contribution in [0.4, 0.5) is 0 Å². The molecule has 0 fully saturated rings. The minimum absolute atomic E-state index is 0.213. The summed E-state index contributed by atoms with van der Waals surface area (Å²) in [6.07, 6.45) is 0.950. The van der Waals surface area contributed by atoms with Gasteiger partial charge in [-0.25, -0.2) is 0 Å². The van der Waals surface area contributed by atoms with Gasteiger partial charge in [0.1, 0.15) is 0 Å². The van der Waals surface area contributed by atoms with Gasteiger partial charge in [-0.3, -0.25) is 0 Å². The van der Waals surface area contributed by atoms with E-state index in [1.165, 1.54) is 5.56 Å². The first-order valence-electron chi connectivity index (χ1n) is 4.23. The van der Waals surface area contributed by atoms with E-state index >= 15 is 0 Å². The Morgan fingerprint density at radius 2 is 2.38 bits per heavy atom. The Morgan fingerprint density at radius 1 is 1.62 bits per heavy atom. The summed E-state index contributed by atoms with van der Waals surface area (Å²) in [5.41, 5.74) is 1.18. The van der Waals surface area contributed by atoms with E-state index in [1.54, 1.807) is 0 Å². The average Bonchev–Trinajstić information content (AvgIpc) is 2.14. The zero-order valence-electron chi connectivity index (χ0n) is 7.46. The Bertz CT molecular complexity index is 293. The molecular weight excluding hydrogens is 246 g/mol. The van der Waals surface area contributed by atoms with Crippen molar-refractivity contribution >= 4 is 25.5 Å². The van der Waals surface area contributed by atoms with Gasteiger partial charge < -0.3 is 9.44 Å². The van der Waals surface area contributed by atoms with Crippen LogP contribution in [0.15, 0.2) is 28.7 Å². The van der Waals surface area contributed by atoms with E-state index in [-0.39, 0.29) is 6.04 Å². The molecule has 0 spiro atoms. The highest BCUT2D eigenvalue weighted by atomic mass is 79.9. The van der Waals surface area contributed by atoms with Crippen LogP contribution in [0.3, 0.4) is 0 Å². The van der Waals surface area contributed by atoms with Crippen molar-refractivity contribution in [2.24, 2.45) is 0 Å². The molecule has 0 aliphatic rings. The lowest BCUT2D eigenvalue weighted by Gasteiger charge is -2.14. The minimum Gasteiger partial charge on any atom is -0.386 e. The summed E-state index contributed by atoms with van der Waals surface area (Å²) in [6, 6.07) is 8.28. The molecule has 0 aliphatic heterocycles. The molecule has 13 heavy (non-hydrogen) atoms. The lowest BCUT2D eigenvalue weighted by molar-refractivity contribution is 0.542. The highest BCUT2D eigenvalue weighted by molar-refractivity contribution is 9.10. The fraction of sp³-hybridized carbons (Fsp3) is 0.333. The molecule has 0 saturated carbocycles. The zero-order chi connectivity index (χ0) is 9.68. The highest BCUT2D eigenvalue weighted by Crippen LogP contribution is 2.19. The molecule has 0 aliphatic carbocycles. The van der Waals surface area contributed by atoms with Gasteiger partial charge in [0.25, 0.3) is 0 Å². The predicted octanol–water partition coefficient (Wildman–Crippen LogP) is 2.19. The first-order chi connectivity index (χ1) is 6.27. The van der Waals surface area contributed by atoms with E-state index in [1.807, 2.05) is 18.2 Å². The van der Waals surface area contributed by atoms with Crippen molar-refractivity contribution in [2.45, 2.75) is 19.4 Å². The van der Waals surface area contributed by atoms with Gasteiger partial charge in [0.2, 0.25) is 0 Å². The third kappa shape index (κ3) is 3.04. The first kappa shape index (κ1) is 10.6. The van der Waals surface area contributed by atoms with Crippen LogP contribution in [0.1, 0.15) is 24.9 Å². The van der Waals surface area contributed by atoms with E-state index in [2.05, 4.69) is 33.9 Å². The van der Waals surface area contributed by atoms with Crippen LogP contribution in [-0.4, -0.2) is 9.57 Å². The summed E-state index contributed by atoms with van der Waals surface area (Å²) < 4.78 is 11.6. The first-order valence-corrected chi connectivity index (χ1v) is 6.07. The predicted molar refractivity (Wildman–Crippen MR) is 58.1 cm³/mol. The Balaban J connectivity index is 2.84. The Hall–Kier alpha value is -0.483. The van der Waals surface area contributed by atoms with Crippen molar-refractivity contribution in [3.63, 3.8) is 0 Å². The summed E-state index contributed by atoms with van der Waals surface area (Å²) in [5, 5.41) is 0. The molecule has 70 valence electrons. The third-order valence-corrected chi connectivity index (χ3v) is 2.96. The molecule has 0 aromatic heterocycles. The molecule has 1 N–H and O–H groups in total. The normalized spacial score (nSPS) is 12.2. The molecule has 0 saturated heterocycles. The van der Waals surface area contributed by atoms with Gasteiger partial charge in [0, 0.05) is 10.5 Å². The number of nitrogens with one attached hydrogen (secondary N) is 1. The van der Waals surface area contributed by atoms with E-state index < -0.39 is 9.57 Å². The molecule has 0 amide bonds. The van der Waals surface area contributed by atoms with Crippen LogP contribution in [-0.2, 0) is 4.46 Å². The van der Waals surface area contributed by atoms with Gasteiger partial charge in [-0.05, 0) is 24.1 Å². The van der Waals surface area contributed by atoms with Gasteiger partial charge in [-0.2, -0.15) is 0 Å². The molecular formula is C9H12BrNOSi. The van der Waals surface area contributed by atoms with Gasteiger partial charge in [-0.15, -0.1) is 0 Å². The van der Waals surface area contributed by atoms with E-state index in [4.69, 9.17) is 0 Å². The Kier molecular flexibility index (Phi) is 4.31. The second-order valence-corrected chi connectivity index (χ2v) is 4.29. The second-order valence-electron chi connectivity index (χ2n) is 2.80. The fourth-order valence-corrected chi connectivity index (χ4v) is 2.26. The van der Waals surface area contributed by atoms with E-state index in [0.717, 1.165) is 10.9 Å². The fourth-order valence-electron chi connectivity index (χ4n) is 1.26. The summed E-state index contributed by atoms with van der Waals surface area (Å²) in [6.45, 7) is 2.08. The lowest BCUT2D eigenvalue weighted by atomic mass is 10.1. The number of hydrogen-bond acceptors (Lipinski definition) is 1. The second kappa shape index (κ2) is 5.29. The standard InChI is InChI=1S/C9H12BrNOSi/c1-2-9(11-13-12)7-4-3-5-8(10)6-7/h3-6,9,11,13H,2H2,1H3/t9-/m1/s1. The van der Waals surface area contributed by atoms with Crippen molar-refractivity contribution in [3.05, 3.63) is 34.3 Å². The monoisotopic (exact) mass is 257 g/mol. The number of hydrogen-bond donors (Lipinski definition) is 1. The quantitative estimate of drug-likeness (QED) is 0.839. The molecule has 1 rings (SSSR count). The molecule has 0 unspecified atom stereocenters. The molecule has 4 heteroatoms. The summed E-state index contributed by atoms with van der Waals surface area (Å²) >= 11 is 3.41. The van der Waals surface area contributed by atoms with Gasteiger partial charge in [0.05, 0.1) is 0 Å². The topological polar surface area (TPSA) is 29.1 Å². The van der Waals surface area contributed by atoms with Gasteiger partial charge >= 0.3 is 9.57 Å². The average molecular weight is 258 g/mol. The smallest absolute Gasteiger partial charge is 0.377 e. The maximum absolute atomic E-state index is 10.5. The number of benzene rings is 1. The molecule has 0 radical (unpaired) electrons. The Morgan fingerprint density at radius 3 is 2.92 bits per heavy atom. The van der Waals surface area contributed by atoms with Gasteiger partial charge in [0.15, 0.2) is 0 Å². The van der Waals surface area contributed by atoms with Crippen molar-refractivity contribution in [3.8, 4) is 0 Å². The molecule has 2 nitrogen and oxygen atoms in total. The third-order valence-electron chi connectivity index (χ3n) is 1.93. The maximum atomic E-state index is 10.5. The number of rotatable bonds is 4. The van der Waals surface area contributed by atoms with Crippen molar-refractivity contribution in [1.82, 2.24) is 4.98 Å². The van der Waals surface area contributed by atoms with Crippen LogP contribution in [0.5, 0.6) is 0 Å². The summed E-state index contributed by atoms with van der Waals surface area (Å²) in [7, 11) is -0.882. The molecule has 0 heterocycles. The van der Waals surface area contributed by atoms with Crippen LogP contribution < -0.4 is 4.98 Å². The molecule has 1 atom stereocenters. The molecule has 1 aromatic carbocycles. The molecule has 1 aromatic rings. The minimum atomic E-state index is -0.882. The van der Waals surface area contributed by atoms with Crippen LogP contribution in [0.2, 0.25) is 0 Å². The van der Waals surface area contributed by atoms with Crippen LogP contribution >= 0.6 is 15.9 Å². The summed E-state index contributed by atoms with van der Waals surface area (Å²) in [4.78, 5) is 2.98. The van der Waals surface area contributed by atoms with Crippen molar-refractivity contribution in [1.29, 1.82) is 0 Å². The SMILES string of the molecule is CC[C@@H](N[SiH]=O)c1cccc(Br)c1. The highest BCUT2D eigenvalue weighted by Gasteiger charge is 2.06. The van der Waals surface area contributed by atoms with Gasteiger partial charge in [-0.1, -0.05) is 35.0 Å². The largest absolute Gasteiger partial charge is 0.386 e. The Labute approximate surface area is 88.8 Å². The lowest BCUT2D eigenvalue weighted by Crippen LogP contribution is -2.19. The van der Waals surface area contributed by atoms with Crippen LogP contribution in [0.25, 0.3) is 0 Å². The number of halogens is 1. The van der Waals surface area contributed by atoms with E-state index in [9.17, 15) is 4.46 Å². The van der Waals surface area contributed by atoms with Crippen LogP contribution in [0, 0.1) is 0 Å². The van der Waals surface area contributed by atoms with E-state index in [0.29, 0.717) is 0 Å². The maximum Gasteiger partial charge on any atom is 0.377 e. The molecule has 0 bridgehead atoms. The van der Waals surface area contributed by atoms with Crippen molar-refractivity contribution in [2.75, 3.05) is 0 Å².